The fourth-order valence-electron chi connectivity index (χ4n) is 2.31. The van der Waals surface area contributed by atoms with Crippen LogP contribution in [0.2, 0.25) is 0 Å². The van der Waals surface area contributed by atoms with Gasteiger partial charge in [0.05, 0.1) is 12.0 Å². The third-order valence-corrected chi connectivity index (χ3v) is 5.65. The first-order valence-corrected chi connectivity index (χ1v) is 9.39. The molecule has 0 fully saturated rings. The summed E-state index contributed by atoms with van der Waals surface area (Å²) in [4.78, 5) is 12.3. The number of nitrogens with zero attached hydrogens (tertiary/aromatic N) is 1. The molecule has 2 aromatic carbocycles. The molecule has 0 bridgehead atoms. The molecule has 0 saturated heterocycles. The Balaban J connectivity index is 2.10. The van der Waals surface area contributed by atoms with Crippen LogP contribution in [0.3, 0.4) is 0 Å². The third-order valence-electron chi connectivity index (χ3n) is 3.74. The van der Waals surface area contributed by atoms with E-state index in [0.29, 0.717) is 11.3 Å². The van der Waals surface area contributed by atoms with Gasteiger partial charge in [0.25, 0.3) is 0 Å². The van der Waals surface area contributed by atoms with Crippen molar-refractivity contribution in [1.29, 1.82) is 0 Å². The smallest absolute Gasteiger partial charge is 0.244 e. The molecule has 26 heavy (non-hydrogen) atoms. The van der Waals surface area contributed by atoms with Gasteiger partial charge < -0.3 is 10.1 Å². The van der Waals surface area contributed by atoms with Gasteiger partial charge in [-0.1, -0.05) is 36.4 Å². The van der Waals surface area contributed by atoms with Gasteiger partial charge >= 0.3 is 0 Å². The molecule has 0 radical (unpaired) electrons. The minimum atomic E-state index is -3.57. The lowest BCUT2D eigenvalue weighted by Gasteiger charge is -2.15. The SMILES string of the molecule is COc1ccccc1/C=C/C(=O)NCc1ccccc1S(=O)(=O)N(C)C. The Labute approximate surface area is 154 Å². The summed E-state index contributed by atoms with van der Waals surface area (Å²) >= 11 is 0. The summed E-state index contributed by atoms with van der Waals surface area (Å²) < 4.78 is 31.1. The first-order valence-electron chi connectivity index (χ1n) is 7.95. The average Bonchev–Trinajstić information content (AvgIpc) is 2.64. The van der Waals surface area contributed by atoms with Crippen LogP contribution in [0.1, 0.15) is 11.1 Å². The second-order valence-corrected chi connectivity index (χ2v) is 7.81. The maximum Gasteiger partial charge on any atom is 0.244 e. The Morgan fingerprint density at radius 3 is 2.46 bits per heavy atom. The van der Waals surface area contributed by atoms with E-state index in [2.05, 4.69) is 5.32 Å². The zero-order valence-electron chi connectivity index (χ0n) is 15.0. The van der Waals surface area contributed by atoms with E-state index in [1.807, 2.05) is 18.2 Å². The van der Waals surface area contributed by atoms with Crippen LogP contribution in [0.5, 0.6) is 5.75 Å². The van der Waals surface area contributed by atoms with E-state index in [1.165, 1.54) is 26.2 Å². The van der Waals surface area contributed by atoms with Crippen molar-refractivity contribution in [2.45, 2.75) is 11.4 Å². The molecule has 2 aromatic rings. The average molecular weight is 374 g/mol. The van der Waals surface area contributed by atoms with E-state index in [1.54, 1.807) is 37.5 Å². The molecule has 0 aliphatic carbocycles. The highest BCUT2D eigenvalue weighted by atomic mass is 32.2. The fraction of sp³-hybridized carbons (Fsp3) is 0.211. The van der Waals surface area contributed by atoms with E-state index in [-0.39, 0.29) is 17.3 Å². The van der Waals surface area contributed by atoms with Gasteiger partial charge in [-0.3, -0.25) is 4.79 Å². The standard InChI is InChI=1S/C19H22N2O4S/c1-21(2)26(23,24)18-11-7-5-9-16(18)14-20-19(22)13-12-15-8-4-6-10-17(15)25-3/h4-13H,14H2,1-3H3,(H,20,22)/b13-12+. The number of para-hydroxylation sites is 1. The minimum Gasteiger partial charge on any atom is -0.496 e. The minimum absolute atomic E-state index is 0.109. The van der Waals surface area contributed by atoms with Crippen molar-refractivity contribution in [3.05, 3.63) is 65.7 Å². The number of carbonyl (C=O) groups excluding carboxylic acids is 1. The fourth-order valence-corrected chi connectivity index (χ4v) is 3.42. The van der Waals surface area contributed by atoms with Crippen LogP contribution in [-0.2, 0) is 21.4 Å². The number of methoxy groups -OCH3 is 1. The summed E-state index contributed by atoms with van der Waals surface area (Å²) in [5, 5.41) is 2.71. The number of amides is 1. The van der Waals surface area contributed by atoms with Crippen LogP contribution in [0.25, 0.3) is 6.08 Å². The second kappa shape index (κ2) is 8.64. The number of carbonyl (C=O) groups is 1. The Bertz CT molecular complexity index is 905. The molecular formula is C19H22N2O4S. The van der Waals surface area contributed by atoms with E-state index >= 15 is 0 Å². The van der Waals surface area contributed by atoms with Crippen molar-refractivity contribution in [2.75, 3.05) is 21.2 Å². The lowest BCUT2D eigenvalue weighted by atomic mass is 10.2. The van der Waals surface area contributed by atoms with Crippen molar-refractivity contribution < 1.29 is 17.9 Å². The molecule has 0 saturated carbocycles. The lowest BCUT2D eigenvalue weighted by Crippen LogP contribution is -2.26. The van der Waals surface area contributed by atoms with Gasteiger partial charge in [-0.05, 0) is 23.8 Å². The molecule has 1 amide bonds. The number of sulfonamides is 1. The summed E-state index contributed by atoms with van der Waals surface area (Å²) in [5.74, 6) is 0.340. The van der Waals surface area contributed by atoms with Crippen molar-refractivity contribution >= 4 is 22.0 Å². The van der Waals surface area contributed by atoms with Gasteiger partial charge in [0.1, 0.15) is 5.75 Å². The quantitative estimate of drug-likeness (QED) is 0.755. The maximum absolute atomic E-state index is 12.4. The van der Waals surface area contributed by atoms with Gasteiger partial charge in [0.15, 0.2) is 0 Å². The highest BCUT2D eigenvalue weighted by Gasteiger charge is 2.20. The van der Waals surface area contributed by atoms with Gasteiger partial charge in [0.2, 0.25) is 15.9 Å². The number of ether oxygens (including phenoxy) is 1. The molecule has 0 atom stereocenters. The van der Waals surface area contributed by atoms with Crippen molar-refractivity contribution in [3.63, 3.8) is 0 Å². The first kappa shape index (κ1) is 19.7. The van der Waals surface area contributed by atoms with Gasteiger partial charge in [-0.25, -0.2) is 12.7 Å². The van der Waals surface area contributed by atoms with E-state index in [0.717, 1.165) is 9.87 Å². The molecule has 138 valence electrons. The Hall–Kier alpha value is -2.64. The molecule has 6 nitrogen and oxygen atoms in total. The number of benzene rings is 2. The normalized spacial score (nSPS) is 11.7. The predicted octanol–water partition coefficient (Wildman–Crippen LogP) is 2.28. The molecule has 1 N–H and O–H groups in total. The summed E-state index contributed by atoms with van der Waals surface area (Å²) in [5.41, 5.74) is 1.31. The predicted molar refractivity (Wildman–Crippen MR) is 101 cm³/mol. The molecule has 0 aliphatic rings. The van der Waals surface area contributed by atoms with Crippen LogP contribution in [-0.4, -0.2) is 39.8 Å². The molecule has 2 rings (SSSR count). The number of hydrogen-bond acceptors (Lipinski definition) is 4. The molecule has 0 heterocycles. The topological polar surface area (TPSA) is 75.7 Å². The van der Waals surface area contributed by atoms with Crippen LogP contribution in [0.4, 0.5) is 0 Å². The Kier molecular flexibility index (Phi) is 6.54. The van der Waals surface area contributed by atoms with E-state index in [9.17, 15) is 13.2 Å². The molecule has 0 aliphatic heterocycles. The van der Waals surface area contributed by atoms with Crippen molar-refractivity contribution in [3.8, 4) is 5.75 Å². The van der Waals surface area contributed by atoms with Crippen molar-refractivity contribution in [1.82, 2.24) is 9.62 Å². The zero-order chi connectivity index (χ0) is 19.2. The van der Waals surface area contributed by atoms with Crippen LogP contribution in [0.15, 0.2) is 59.5 Å². The largest absolute Gasteiger partial charge is 0.496 e. The van der Waals surface area contributed by atoms with E-state index < -0.39 is 10.0 Å². The lowest BCUT2D eigenvalue weighted by molar-refractivity contribution is -0.116. The molecular weight excluding hydrogens is 352 g/mol. The van der Waals surface area contributed by atoms with Crippen LogP contribution < -0.4 is 10.1 Å². The number of rotatable bonds is 7. The maximum atomic E-state index is 12.4. The Morgan fingerprint density at radius 1 is 1.12 bits per heavy atom. The summed E-state index contributed by atoms with van der Waals surface area (Å²) in [6.45, 7) is 0.109. The number of nitrogens with one attached hydrogen (secondary N) is 1. The molecule has 7 heteroatoms. The summed E-state index contributed by atoms with van der Waals surface area (Å²) in [6.07, 6.45) is 3.04. The third kappa shape index (κ3) is 4.71. The molecule has 0 aromatic heterocycles. The van der Waals surface area contributed by atoms with Gasteiger partial charge in [-0.2, -0.15) is 0 Å². The highest BCUT2D eigenvalue weighted by Crippen LogP contribution is 2.19. The molecule has 0 unspecified atom stereocenters. The van der Waals surface area contributed by atoms with Gasteiger partial charge in [-0.15, -0.1) is 0 Å². The van der Waals surface area contributed by atoms with Crippen molar-refractivity contribution in [2.24, 2.45) is 0 Å². The second-order valence-electron chi connectivity index (χ2n) is 5.69. The first-order chi connectivity index (χ1) is 12.4. The van der Waals surface area contributed by atoms with Gasteiger partial charge in [0, 0.05) is 32.3 Å². The highest BCUT2D eigenvalue weighted by molar-refractivity contribution is 7.89. The molecule has 0 spiro atoms. The Morgan fingerprint density at radius 2 is 1.77 bits per heavy atom. The zero-order valence-corrected chi connectivity index (χ0v) is 15.8. The monoisotopic (exact) mass is 374 g/mol. The number of hydrogen-bond donors (Lipinski definition) is 1. The van der Waals surface area contributed by atoms with Crippen LogP contribution in [0, 0.1) is 0 Å². The summed E-state index contributed by atoms with van der Waals surface area (Å²) in [7, 11) is 0.938. The summed E-state index contributed by atoms with van der Waals surface area (Å²) in [6, 6.07) is 13.9. The van der Waals surface area contributed by atoms with Crippen LogP contribution >= 0.6 is 0 Å². The van der Waals surface area contributed by atoms with E-state index in [4.69, 9.17) is 4.74 Å².